The summed E-state index contributed by atoms with van der Waals surface area (Å²) in [6, 6.07) is 24.0. The Hall–Kier alpha value is -3.31. The summed E-state index contributed by atoms with van der Waals surface area (Å²) < 4.78 is 5.24. The number of halogens is 1. The number of hydrogen-bond acceptors (Lipinski definition) is 3. The molecule has 0 heterocycles. The Morgan fingerprint density at radius 2 is 1.55 bits per heavy atom. The summed E-state index contributed by atoms with van der Waals surface area (Å²) in [7, 11) is 1.61. The highest BCUT2D eigenvalue weighted by Crippen LogP contribution is 2.18. The number of hydrogen-bond donors (Lipinski definition) is 1. The molecule has 5 nitrogen and oxygen atoms in total. The van der Waals surface area contributed by atoms with Gasteiger partial charge in [0.15, 0.2) is 0 Å². The van der Waals surface area contributed by atoms with E-state index in [9.17, 15) is 9.59 Å². The molecular formula is C27H29ClN2O3. The molecule has 0 radical (unpaired) electrons. The number of ether oxygens (including phenoxy) is 1. The summed E-state index contributed by atoms with van der Waals surface area (Å²) in [5.41, 5.74) is 2.86. The summed E-state index contributed by atoms with van der Waals surface area (Å²) in [4.78, 5) is 28.1. The lowest BCUT2D eigenvalue weighted by atomic mass is 10.0. The van der Waals surface area contributed by atoms with Crippen LogP contribution in [0.5, 0.6) is 5.75 Å². The first kappa shape index (κ1) is 24.3. The first-order chi connectivity index (χ1) is 16.0. The minimum absolute atomic E-state index is 0.0756. The van der Waals surface area contributed by atoms with Gasteiger partial charge in [-0.15, -0.1) is 0 Å². The molecule has 1 atom stereocenters. The van der Waals surface area contributed by atoms with Crippen LogP contribution in [-0.4, -0.2) is 29.9 Å². The lowest BCUT2D eigenvalue weighted by molar-refractivity contribution is -0.141. The topological polar surface area (TPSA) is 58.6 Å². The molecule has 0 bridgehead atoms. The van der Waals surface area contributed by atoms with Crippen LogP contribution >= 0.6 is 11.6 Å². The van der Waals surface area contributed by atoms with Crippen LogP contribution in [0, 0.1) is 0 Å². The maximum absolute atomic E-state index is 13.4. The largest absolute Gasteiger partial charge is 0.497 e. The zero-order valence-electron chi connectivity index (χ0n) is 19.0. The van der Waals surface area contributed by atoms with Gasteiger partial charge in [-0.2, -0.15) is 0 Å². The van der Waals surface area contributed by atoms with E-state index in [1.54, 1.807) is 24.1 Å². The molecule has 1 N–H and O–H groups in total. The average Bonchev–Trinajstić information content (AvgIpc) is 2.86. The minimum atomic E-state index is -0.644. The van der Waals surface area contributed by atoms with Gasteiger partial charge in [0, 0.05) is 31.0 Å². The van der Waals surface area contributed by atoms with Crippen molar-refractivity contribution in [3.05, 3.63) is 101 Å². The van der Waals surface area contributed by atoms with Crippen LogP contribution in [0.3, 0.4) is 0 Å². The maximum atomic E-state index is 13.4. The molecule has 0 saturated carbocycles. The highest BCUT2D eigenvalue weighted by Gasteiger charge is 2.29. The number of carbonyl (C=O) groups excluding carboxylic acids is 2. The van der Waals surface area contributed by atoms with E-state index in [4.69, 9.17) is 16.3 Å². The van der Waals surface area contributed by atoms with Crippen LogP contribution in [0.25, 0.3) is 0 Å². The van der Waals surface area contributed by atoms with Gasteiger partial charge in [0.05, 0.1) is 7.11 Å². The fourth-order valence-electron chi connectivity index (χ4n) is 3.59. The summed E-state index contributed by atoms with van der Waals surface area (Å²) in [6.07, 6.45) is 0.737. The van der Waals surface area contributed by atoms with Gasteiger partial charge in [0.1, 0.15) is 11.8 Å². The van der Waals surface area contributed by atoms with E-state index in [2.05, 4.69) is 5.32 Å². The van der Waals surface area contributed by atoms with Crippen molar-refractivity contribution in [1.82, 2.24) is 10.2 Å². The Bertz CT molecular complexity index is 1040. The molecule has 0 aliphatic rings. The lowest BCUT2D eigenvalue weighted by Gasteiger charge is -2.31. The second-order valence-corrected chi connectivity index (χ2v) is 8.21. The lowest BCUT2D eigenvalue weighted by Crippen LogP contribution is -2.50. The molecule has 6 heteroatoms. The number of methoxy groups -OCH3 is 1. The second kappa shape index (κ2) is 12.1. The van der Waals surface area contributed by atoms with Crippen molar-refractivity contribution in [2.45, 2.75) is 38.9 Å². The molecule has 172 valence electrons. The number of nitrogens with zero attached hydrogens (tertiary/aromatic N) is 1. The first-order valence-electron chi connectivity index (χ1n) is 11.0. The van der Waals surface area contributed by atoms with Crippen LogP contribution in [-0.2, 0) is 29.1 Å². The minimum Gasteiger partial charge on any atom is -0.497 e. The molecule has 3 rings (SSSR count). The van der Waals surface area contributed by atoms with Gasteiger partial charge >= 0.3 is 0 Å². The van der Waals surface area contributed by atoms with Crippen molar-refractivity contribution >= 4 is 23.4 Å². The standard InChI is InChI=1S/C27H29ClN2O3/c1-3-26(31)30(19-22-11-15-24(33-2)16-12-22)25(17-20-7-5-4-6-8-20)27(32)29-18-21-9-13-23(28)14-10-21/h4-16,25H,3,17-19H2,1-2H3,(H,29,32)/t25-/m0/s1. The molecule has 2 amide bonds. The monoisotopic (exact) mass is 464 g/mol. The number of nitrogens with one attached hydrogen (secondary N) is 1. The third-order valence-corrected chi connectivity index (χ3v) is 5.72. The van der Waals surface area contributed by atoms with Crippen LogP contribution in [0.15, 0.2) is 78.9 Å². The van der Waals surface area contributed by atoms with Crippen molar-refractivity contribution in [3.63, 3.8) is 0 Å². The fourth-order valence-corrected chi connectivity index (χ4v) is 3.72. The van der Waals surface area contributed by atoms with Gasteiger partial charge < -0.3 is 15.0 Å². The molecule has 0 unspecified atom stereocenters. The van der Waals surface area contributed by atoms with Crippen molar-refractivity contribution in [2.75, 3.05) is 7.11 Å². The van der Waals surface area contributed by atoms with E-state index in [-0.39, 0.29) is 11.8 Å². The molecule has 3 aromatic rings. The highest BCUT2D eigenvalue weighted by atomic mass is 35.5. The highest BCUT2D eigenvalue weighted by molar-refractivity contribution is 6.30. The van der Waals surface area contributed by atoms with E-state index in [1.165, 1.54) is 0 Å². The molecule has 0 aliphatic heterocycles. The van der Waals surface area contributed by atoms with E-state index in [0.717, 1.165) is 22.4 Å². The molecule has 0 aliphatic carbocycles. The molecule has 0 spiro atoms. The van der Waals surface area contributed by atoms with Gasteiger partial charge in [0.2, 0.25) is 11.8 Å². The Balaban J connectivity index is 1.84. The third-order valence-electron chi connectivity index (χ3n) is 5.47. The van der Waals surface area contributed by atoms with Crippen molar-refractivity contribution in [3.8, 4) is 5.75 Å². The van der Waals surface area contributed by atoms with Gasteiger partial charge in [-0.1, -0.05) is 73.1 Å². The third kappa shape index (κ3) is 7.09. The van der Waals surface area contributed by atoms with Gasteiger partial charge in [-0.05, 0) is 41.0 Å². The summed E-state index contributed by atoms with van der Waals surface area (Å²) in [5, 5.41) is 3.65. The van der Waals surface area contributed by atoms with Crippen LogP contribution in [0.2, 0.25) is 5.02 Å². The van der Waals surface area contributed by atoms with E-state index in [0.29, 0.717) is 31.0 Å². The van der Waals surface area contributed by atoms with Gasteiger partial charge in [-0.3, -0.25) is 9.59 Å². The Kier molecular flexibility index (Phi) is 8.90. The van der Waals surface area contributed by atoms with Gasteiger partial charge in [-0.25, -0.2) is 0 Å². The van der Waals surface area contributed by atoms with Crippen molar-refractivity contribution < 1.29 is 14.3 Å². The SMILES string of the molecule is CCC(=O)N(Cc1ccc(OC)cc1)[C@@H](Cc1ccccc1)C(=O)NCc1ccc(Cl)cc1. The van der Waals surface area contributed by atoms with Crippen molar-refractivity contribution in [1.29, 1.82) is 0 Å². The molecule has 0 aromatic heterocycles. The maximum Gasteiger partial charge on any atom is 0.243 e. The van der Waals surface area contributed by atoms with E-state index < -0.39 is 6.04 Å². The number of carbonyl (C=O) groups is 2. The molecule has 33 heavy (non-hydrogen) atoms. The summed E-state index contributed by atoms with van der Waals surface area (Å²) >= 11 is 5.96. The predicted molar refractivity (Wildman–Crippen MR) is 131 cm³/mol. The smallest absolute Gasteiger partial charge is 0.243 e. The second-order valence-electron chi connectivity index (χ2n) is 7.77. The zero-order chi connectivity index (χ0) is 23.6. The quantitative estimate of drug-likeness (QED) is 0.458. The first-order valence-corrected chi connectivity index (χ1v) is 11.4. The van der Waals surface area contributed by atoms with Crippen LogP contribution < -0.4 is 10.1 Å². The Morgan fingerprint density at radius 3 is 2.15 bits per heavy atom. The fraction of sp³-hybridized carbons (Fsp3) is 0.259. The summed E-state index contributed by atoms with van der Waals surface area (Å²) in [5.74, 6) is 0.478. The zero-order valence-corrected chi connectivity index (χ0v) is 19.7. The molecule has 3 aromatic carbocycles. The van der Waals surface area contributed by atoms with E-state index in [1.807, 2.05) is 73.7 Å². The Labute approximate surface area is 200 Å². The Morgan fingerprint density at radius 1 is 0.909 bits per heavy atom. The molecule has 0 fully saturated rings. The number of amides is 2. The van der Waals surface area contributed by atoms with Gasteiger partial charge in [0.25, 0.3) is 0 Å². The number of rotatable bonds is 10. The van der Waals surface area contributed by atoms with Crippen LogP contribution in [0.4, 0.5) is 0 Å². The van der Waals surface area contributed by atoms with E-state index >= 15 is 0 Å². The molecule has 0 saturated heterocycles. The normalized spacial score (nSPS) is 11.5. The van der Waals surface area contributed by atoms with Crippen molar-refractivity contribution in [2.24, 2.45) is 0 Å². The average molecular weight is 465 g/mol. The summed E-state index contributed by atoms with van der Waals surface area (Å²) in [6.45, 7) is 2.51. The number of benzene rings is 3. The molecular weight excluding hydrogens is 436 g/mol. The predicted octanol–water partition coefficient (Wildman–Crippen LogP) is 5.01. The van der Waals surface area contributed by atoms with Crippen LogP contribution in [0.1, 0.15) is 30.0 Å².